The number of hydrogen-bond donors (Lipinski definition) is 1. The standard InChI is InChI=1S/C16H22FN5O/c1-4-13(23)22-6-5-10(2)12(8-22)21(3)16-14-11(17)7-18-15(14)19-9-20-16/h7,9-10,12H,4-6,8H2,1-3H3,(H,18,19,20). The summed E-state index contributed by atoms with van der Waals surface area (Å²) in [6.45, 7) is 5.47. The number of carbonyl (C=O) groups excluding carboxylic acids is 1. The first kappa shape index (κ1) is 15.7. The number of nitrogens with one attached hydrogen (secondary N) is 1. The fourth-order valence-electron chi connectivity index (χ4n) is 3.34. The van der Waals surface area contributed by atoms with Crippen LogP contribution in [0.2, 0.25) is 0 Å². The molecule has 0 aliphatic carbocycles. The Hall–Kier alpha value is -2.18. The number of likely N-dealkylation sites (tertiary alicyclic amines) is 1. The van der Waals surface area contributed by atoms with E-state index in [1.807, 2.05) is 23.8 Å². The average molecular weight is 319 g/mol. The largest absolute Gasteiger partial charge is 0.354 e. The summed E-state index contributed by atoms with van der Waals surface area (Å²) in [5.41, 5.74) is 0.490. The number of aromatic amines is 1. The Morgan fingerprint density at radius 1 is 1.52 bits per heavy atom. The van der Waals surface area contributed by atoms with E-state index in [2.05, 4.69) is 21.9 Å². The third-order valence-electron chi connectivity index (χ3n) is 4.81. The molecule has 6 nitrogen and oxygen atoms in total. The summed E-state index contributed by atoms with van der Waals surface area (Å²) in [6, 6.07) is 0.103. The van der Waals surface area contributed by atoms with Gasteiger partial charge in [0.05, 0.1) is 11.4 Å². The van der Waals surface area contributed by atoms with Crippen LogP contribution in [0.25, 0.3) is 11.0 Å². The third kappa shape index (κ3) is 2.75. The van der Waals surface area contributed by atoms with Gasteiger partial charge in [-0.15, -0.1) is 0 Å². The molecule has 3 heterocycles. The second-order valence-corrected chi connectivity index (χ2v) is 6.20. The van der Waals surface area contributed by atoms with Crippen LogP contribution in [0.15, 0.2) is 12.5 Å². The second kappa shape index (κ2) is 6.14. The number of aromatic nitrogens is 3. The topological polar surface area (TPSA) is 65.1 Å². The molecule has 124 valence electrons. The Morgan fingerprint density at radius 2 is 2.30 bits per heavy atom. The van der Waals surface area contributed by atoms with Crippen LogP contribution in [-0.2, 0) is 4.79 Å². The Balaban J connectivity index is 1.92. The van der Waals surface area contributed by atoms with Gasteiger partial charge in [-0.3, -0.25) is 4.79 Å². The van der Waals surface area contributed by atoms with E-state index in [1.54, 1.807) is 0 Å². The summed E-state index contributed by atoms with van der Waals surface area (Å²) in [7, 11) is 1.91. The van der Waals surface area contributed by atoms with Crippen LogP contribution in [0.3, 0.4) is 0 Å². The molecule has 0 radical (unpaired) electrons. The summed E-state index contributed by atoms with van der Waals surface area (Å²) in [5.74, 6) is 0.771. The first-order valence-corrected chi connectivity index (χ1v) is 8.01. The van der Waals surface area contributed by atoms with Gasteiger partial charge in [0.2, 0.25) is 5.91 Å². The summed E-state index contributed by atoms with van der Waals surface area (Å²) in [5, 5.41) is 0.404. The lowest BCUT2D eigenvalue weighted by Crippen LogP contribution is -2.52. The predicted molar refractivity (Wildman–Crippen MR) is 86.7 cm³/mol. The minimum absolute atomic E-state index is 0.103. The molecule has 2 aromatic heterocycles. The molecule has 3 rings (SSSR count). The number of piperidine rings is 1. The smallest absolute Gasteiger partial charge is 0.222 e. The highest BCUT2D eigenvalue weighted by atomic mass is 19.1. The molecule has 1 aliphatic rings. The molecule has 0 bridgehead atoms. The molecular weight excluding hydrogens is 297 g/mol. The van der Waals surface area contributed by atoms with Gasteiger partial charge < -0.3 is 14.8 Å². The Morgan fingerprint density at radius 3 is 3.04 bits per heavy atom. The van der Waals surface area contributed by atoms with Crippen molar-refractivity contribution in [2.45, 2.75) is 32.7 Å². The molecule has 0 aromatic carbocycles. The molecule has 23 heavy (non-hydrogen) atoms. The molecule has 2 unspecified atom stereocenters. The van der Waals surface area contributed by atoms with Gasteiger partial charge in [0.1, 0.15) is 17.8 Å². The van der Waals surface area contributed by atoms with Crippen LogP contribution in [0.5, 0.6) is 0 Å². The molecule has 0 saturated carbocycles. The average Bonchev–Trinajstić information content (AvgIpc) is 2.95. The second-order valence-electron chi connectivity index (χ2n) is 6.20. The summed E-state index contributed by atoms with van der Waals surface area (Å²) >= 11 is 0. The minimum Gasteiger partial charge on any atom is -0.354 e. The van der Waals surface area contributed by atoms with E-state index in [-0.39, 0.29) is 17.8 Å². The molecule has 1 aliphatic heterocycles. The number of likely N-dealkylation sites (N-methyl/N-ethyl adjacent to an activating group) is 1. The van der Waals surface area contributed by atoms with Crippen molar-refractivity contribution in [2.24, 2.45) is 5.92 Å². The van der Waals surface area contributed by atoms with E-state index < -0.39 is 0 Å². The van der Waals surface area contributed by atoms with E-state index in [4.69, 9.17) is 0 Å². The zero-order valence-electron chi connectivity index (χ0n) is 13.7. The van der Waals surface area contributed by atoms with Gasteiger partial charge in [-0.1, -0.05) is 13.8 Å². The number of hydrogen-bond acceptors (Lipinski definition) is 4. The maximum Gasteiger partial charge on any atom is 0.222 e. The van der Waals surface area contributed by atoms with Crippen LogP contribution < -0.4 is 4.90 Å². The number of anilines is 1. The van der Waals surface area contributed by atoms with Crippen molar-refractivity contribution in [3.63, 3.8) is 0 Å². The van der Waals surface area contributed by atoms with Crippen LogP contribution >= 0.6 is 0 Å². The maximum atomic E-state index is 14.1. The highest BCUT2D eigenvalue weighted by Crippen LogP contribution is 2.30. The Kier molecular flexibility index (Phi) is 4.19. The van der Waals surface area contributed by atoms with E-state index in [9.17, 15) is 9.18 Å². The molecule has 1 N–H and O–H groups in total. The van der Waals surface area contributed by atoms with Crippen LogP contribution in [0.1, 0.15) is 26.7 Å². The lowest BCUT2D eigenvalue weighted by Gasteiger charge is -2.42. The lowest BCUT2D eigenvalue weighted by atomic mass is 9.92. The lowest BCUT2D eigenvalue weighted by molar-refractivity contribution is -0.132. The predicted octanol–water partition coefficient (Wildman–Crippen LogP) is 2.18. The zero-order chi connectivity index (χ0) is 16.6. The number of carbonyl (C=O) groups is 1. The van der Waals surface area contributed by atoms with Crippen molar-refractivity contribution in [2.75, 3.05) is 25.0 Å². The van der Waals surface area contributed by atoms with Crippen molar-refractivity contribution in [3.8, 4) is 0 Å². The van der Waals surface area contributed by atoms with Gasteiger partial charge in [0.25, 0.3) is 0 Å². The zero-order valence-corrected chi connectivity index (χ0v) is 13.7. The van der Waals surface area contributed by atoms with E-state index in [1.165, 1.54) is 12.5 Å². The minimum atomic E-state index is -0.354. The van der Waals surface area contributed by atoms with Crippen molar-refractivity contribution < 1.29 is 9.18 Å². The molecule has 1 fully saturated rings. The highest BCUT2D eigenvalue weighted by molar-refractivity contribution is 5.88. The number of fused-ring (bicyclic) bond motifs is 1. The maximum absolute atomic E-state index is 14.1. The van der Waals surface area contributed by atoms with Crippen molar-refractivity contribution in [1.82, 2.24) is 19.9 Å². The monoisotopic (exact) mass is 319 g/mol. The first-order valence-electron chi connectivity index (χ1n) is 8.01. The van der Waals surface area contributed by atoms with Gasteiger partial charge >= 0.3 is 0 Å². The van der Waals surface area contributed by atoms with Gasteiger partial charge in [-0.2, -0.15) is 0 Å². The van der Waals surface area contributed by atoms with Crippen LogP contribution in [0, 0.1) is 11.7 Å². The molecule has 2 atom stereocenters. The summed E-state index contributed by atoms with van der Waals surface area (Å²) in [4.78, 5) is 27.1. The number of nitrogens with zero attached hydrogens (tertiary/aromatic N) is 4. The third-order valence-corrected chi connectivity index (χ3v) is 4.81. The van der Waals surface area contributed by atoms with Crippen molar-refractivity contribution in [3.05, 3.63) is 18.3 Å². The van der Waals surface area contributed by atoms with E-state index in [0.29, 0.717) is 35.7 Å². The first-order chi connectivity index (χ1) is 11.0. The highest BCUT2D eigenvalue weighted by Gasteiger charge is 2.32. The summed E-state index contributed by atoms with van der Waals surface area (Å²) < 4.78 is 14.1. The number of rotatable bonds is 3. The Bertz CT molecular complexity index is 716. The fraction of sp³-hybridized carbons (Fsp3) is 0.562. The van der Waals surface area contributed by atoms with Crippen LogP contribution in [-0.4, -0.2) is 51.9 Å². The SMILES string of the molecule is CCC(=O)N1CCC(C)C(N(C)c2ncnc3[nH]cc(F)c23)C1. The quantitative estimate of drug-likeness (QED) is 0.942. The molecular formula is C16H22FN5O. The van der Waals surface area contributed by atoms with Gasteiger partial charge in [0.15, 0.2) is 5.82 Å². The molecule has 7 heteroatoms. The van der Waals surface area contributed by atoms with Crippen LogP contribution in [0.4, 0.5) is 10.2 Å². The number of halogens is 1. The number of amides is 1. The van der Waals surface area contributed by atoms with Gasteiger partial charge in [-0.25, -0.2) is 14.4 Å². The normalized spacial score (nSPS) is 21.7. The summed E-state index contributed by atoms with van der Waals surface area (Å²) in [6.07, 6.45) is 4.18. The Labute approximate surface area is 134 Å². The molecule has 1 amide bonds. The molecule has 1 saturated heterocycles. The van der Waals surface area contributed by atoms with E-state index in [0.717, 1.165) is 13.0 Å². The molecule has 0 spiro atoms. The molecule has 2 aromatic rings. The van der Waals surface area contributed by atoms with Gasteiger partial charge in [-0.05, 0) is 12.3 Å². The van der Waals surface area contributed by atoms with Crippen molar-refractivity contribution in [1.29, 1.82) is 0 Å². The van der Waals surface area contributed by atoms with Crippen molar-refractivity contribution >= 4 is 22.8 Å². The van der Waals surface area contributed by atoms with Gasteiger partial charge in [0, 0.05) is 32.8 Å². The number of H-pyrrole nitrogens is 1. The van der Waals surface area contributed by atoms with E-state index >= 15 is 0 Å². The fourth-order valence-corrected chi connectivity index (χ4v) is 3.34.